The fourth-order valence-electron chi connectivity index (χ4n) is 3.14. The first-order chi connectivity index (χ1) is 14.7. The van der Waals surface area contributed by atoms with Crippen LogP contribution in [0.5, 0.6) is 11.5 Å². The molecule has 0 radical (unpaired) electrons. The Morgan fingerprint density at radius 1 is 0.933 bits per heavy atom. The van der Waals surface area contributed by atoms with Crippen LogP contribution in [0.3, 0.4) is 0 Å². The first-order valence-electron chi connectivity index (χ1n) is 10.6. The first kappa shape index (κ1) is 23.5. The van der Waals surface area contributed by atoms with Crippen LogP contribution in [0.1, 0.15) is 37.0 Å². The van der Waals surface area contributed by atoms with Crippen molar-refractivity contribution in [1.29, 1.82) is 0 Å². The van der Waals surface area contributed by atoms with E-state index in [-0.39, 0.29) is 0 Å². The Morgan fingerprint density at radius 2 is 1.77 bits per heavy atom. The van der Waals surface area contributed by atoms with Gasteiger partial charge in [0.05, 0.1) is 26.9 Å². The summed E-state index contributed by atoms with van der Waals surface area (Å²) < 4.78 is 16.2. The predicted octanol–water partition coefficient (Wildman–Crippen LogP) is 3.93. The molecule has 0 saturated carbocycles. The Morgan fingerprint density at radius 3 is 2.50 bits per heavy atom. The average molecular weight is 414 g/mol. The number of guanidine groups is 1. The lowest BCUT2D eigenvalue weighted by Crippen LogP contribution is -2.37. The van der Waals surface area contributed by atoms with E-state index in [1.807, 2.05) is 19.1 Å². The highest BCUT2D eigenvalue weighted by Crippen LogP contribution is 2.28. The molecule has 0 aliphatic rings. The summed E-state index contributed by atoms with van der Waals surface area (Å²) in [5, 5.41) is 6.73. The number of nitrogens with zero attached hydrogens (tertiary/aromatic N) is 1. The number of aryl methyl sites for hydroxylation is 1. The van der Waals surface area contributed by atoms with Crippen molar-refractivity contribution in [2.24, 2.45) is 4.99 Å². The maximum atomic E-state index is 5.67. The zero-order chi connectivity index (χ0) is 21.6. The first-order valence-corrected chi connectivity index (χ1v) is 10.6. The van der Waals surface area contributed by atoms with Gasteiger partial charge in [-0.1, -0.05) is 30.3 Å². The van der Waals surface area contributed by atoms with Crippen LogP contribution in [-0.4, -0.2) is 39.9 Å². The van der Waals surface area contributed by atoms with E-state index in [2.05, 4.69) is 47.9 Å². The number of rotatable bonds is 12. The molecule has 0 heterocycles. The number of hydrogen-bond acceptors (Lipinski definition) is 4. The van der Waals surface area contributed by atoms with E-state index >= 15 is 0 Å². The lowest BCUT2D eigenvalue weighted by molar-refractivity contribution is 0.185. The minimum atomic E-state index is 0.617. The van der Waals surface area contributed by atoms with Gasteiger partial charge in [0.1, 0.15) is 0 Å². The summed E-state index contributed by atoms with van der Waals surface area (Å²) in [5.74, 6) is 2.41. The summed E-state index contributed by atoms with van der Waals surface area (Å²) in [5.41, 5.74) is 3.57. The number of nitrogens with one attached hydrogen (secondary N) is 2. The van der Waals surface area contributed by atoms with Gasteiger partial charge in [0, 0.05) is 20.2 Å². The third-order valence-electron chi connectivity index (χ3n) is 4.53. The van der Waals surface area contributed by atoms with Crippen molar-refractivity contribution in [2.75, 3.05) is 33.9 Å². The maximum absolute atomic E-state index is 5.67. The monoisotopic (exact) mass is 413 g/mol. The minimum absolute atomic E-state index is 0.617. The molecule has 0 aliphatic carbocycles. The Labute approximate surface area is 180 Å². The highest BCUT2D eigenvalue weighted by molar-refractivity contribution is 5.79. The average Bonchev–Trinajstić information content (AvgIpc) is 2.76. The number of aliphatic imine (C=N–C) groups is 1. The van der Waals surface area contributed by atoms with Gasteiger partial charge in [0.2, 0.25) is 0 Å². The SMILES string of the molecule is CCNC(=NCc1cccc(COC)c1)NCCCc1ccc(OC)c(OCC)c1. The van der Waals surface area contributed by atoms with Gasteiger partial charge in [-0.2, -0.15) is 0 Å². The second-order valence-electron chi connectivity index (χ2n) is 6.90. The standard InChI is InChI=1S/C24H35N3O3/c1-5-25-24(27-17-20-9-7-10-21(15-20)18-28-3)26-14-8-11-19-12-13-22(29-4)23(16-19)30-6-2/h7,9-10,12-13,15-16H,5-6,8,11,14,17-18H2,1-4H3,(H2,25,26,27). The lowest BCUT2D eigenvalue weighted by atomic mass is 10.1. The van der Waals surface area contributed by atoms with Crippen molar-refractivity contribution in [1.82, 2.24) is 10.6 Å². The highest BCUT2D eigenvalue weighted by atomic mass is 16.5. The van der Waals surface area contributed by atoms with E-state index in [9.17, 15) is 0 Å². The second-order valence-corrected chi connectivity index (χ2v) is 6.90. The van der Waals surface area contributed by atoms with Crippen molar-refractivity contribution in [3.63, 3.8) is 0 Å². The molecule has 30 heavy (non-hydrogen) atoms. The van der Waals surface area contributed by atoms with Gasteiger partial charge < -0.3 is 24.8 Å². The summed E-state index contributed by atoms with van der Waals surface area (Å²) in [6.45, 7) is 7.58. The molecule has 6 heteroatoms. The smallest absolute Gasteiger partial charge is 0.191 e. The fraction of sp³-hybridized carbons (Fsp3) is 0.458. The lowest BCUT2D eigenvalue weighted by Gasteiger charge is -2.13. The van der Waals surface area contributed by atoms with Crippen LogP contribution in [0.25, 0.3) is 0 Å². The molecule has 0 spiro atoms. The van der Waals surface area contributed by atoms with E-state index in [4.69, 9.17) is 19.2 Å². The van der Waals surface area contributed by atoms with Crippen molar-refractivity contribution >= 4 is 5.96 Å². The van der Waals surface area contributed by atoms with Crippen LogP contribution in [0.15, 0.2) is 47.5 Å². The largest absolute Gasteiger partial charge is 0.493 e. The molecule has 6 nitrogen and oxygen atoms in total. The summed E-state index contributed by atoms with van der Waals surface area (Å²) >= 11 is 0. The third kappa shape index (κ3) is 7.95. The van der Waals surface area contributed by atoms with Gasteiger partial charge in [-0.3, -0.25) is 0 Å². The Kier molecular flexibility index (Phi) is 10.6. The summed E-state index contributed by atoms with van der Waals surface area (Å²) in [6.07, 6.45) is 1.95. The molecule has 0 bridgehead atoms. The van der Waals surface area contributed by atoms with Crippen LogP contribution in [0, 0.1) is 0 Å². The van der Waals surface area contributed by atoms with Gasteiger partial charge in [0.25, 0.3) is 0 Å². The number of hydrogen-bond donors (Lipinski definition) is 2. The normalized spacial score (nSPS) is 11.3. The molecule has 2 aromatic rings. The summed E-state index contributed by atoms with van der Waals surface area (Å²) in [6, 6.07) is 14.5. The van der Waals surface area contributed by atoms with E-state index in [1.165, 1.54) is 11.1 Å². The van der Waals surface area contributed by atoms with E-state index in [1.54, 1.807) is 14.2 Å². The Hall–Kier alpha value is -2.73. The fourth-order valence-corrected chi connectivity index (χ4v) is 3.14. The van der Waals surface area contributed by atoms with E-state index < -0.39 is 0 Å². The maximum Gasteiger partial charge on any atom is 0.191 e. The zero-order valence-corrected chi connectivity index (χ0v) is 18.7. The molecule has 0 aromatic heterocycles. The number of ether oxygens (including phenoxy) is 3. The molecule has 2 rings (SSSR count). The molecule has 0 aliphatic heterocycles. The van der Waals surface area contributed by atoms with Gasteiger partial charge in [-0.25, -0.2) is 4.99 Å². The number of methoxy groups -OCH3 is 2. The van der Waals surface area contributed by atoms with Crippen LogP contribution in [0.4, 0.5) is 0 Å². The van der Waals surface area contributed by atoms with Crippen molar-refractivity contribution < 1.29 is 14.2 Å². The molecule has 0 amide bonds. The van der Waals surface area contributed by atoms with Crippen LogP contribution in [0.2, 0.25) is 0 Å². The quantitative estimate of drug-likeness (QED) is 0.314. The molecule has 0 atom stereocenters. The molecule has 0 saturated heterocycles. The molecular weight excluding hydrogens is 378 g/mol. The molecule has 164 valence electrons. The molecule has 2 aromatic carbocycles. The van der Waals surface area contributed by atoms with Gasteiger partial charge >= 0.3 is 0 Å². The molecular formula is C24H35N3O3. The van der Waals surface area contributed by atoms with Gasteiger partial charge in [0.15, 0.2) is 17.5 Å². The van der Waals surface area contributed by atoms with Crippen molar-refractivity contribution in [3.8, 4) is 11.5 Å². The summed E-state index contributed by atoms with van der Waals surface area (Å²) in [7, 11) is 3.37. The Bertz CT molecular complexity index is 793. The van der Waals surface area contributed by atoms with E-state index in [0.29, 0.717) is 19.8 Å². The molecule has 0 fully saturated rings. The zero-order valence-electron chi connectivity index (χ0n) is 18.7. The van der Waals surface area contributed by atoms with Gasteiger partial charge in [-0.05, 0) is 55.5 Å². The topological polar surface area (TPSA) is 64.1 Å². The van der Waals surface area contributed by atoms with Crippen molar-refractivity contribution in [2.45, 2.75) is 39.8 Å². The van der Waals surface area contributed by atoms with Crippen LogP contribution in [-0.2, 0) is 24.3 Å². The van der Waals surface area contributed by atoms with E-state index in [0.717, 1.165) is 49.0 Å². The van der Waals surface area contributed by atoms with Crippen LogP contribution < -0.4 is 20.1 Å². The van der Waals surface area contributed by atoms with Gasteiger partial charge in [-0.15, -0.1) is 0 Å². The number of benzene rings is 2. The van der Waals surface area contributed by atoms with Crippen LogP contribution >= 0.6 is 0 Å². The molecule has 0 unspecified atom stereocenters. The predicted molar refractivity (Wildman–Crippen MR) is 122 cm³/mol. The minimum Gasteiger partial charge on any atom is -0.493 e. The second kappa shape index (κ2) is 13.5. The Balaban J connectivity index is 1.86. The highest BCUT2D eigenvalue weighted by Gasteiger charge is 2.05. The molecule has 2 N–H and O–H groups in total. The third-order valence-corrected chi connectivity index (χ3v) is 4.53. The van der Waals surface area contributed by atoms with Crippen molar-refractivity contribution in [3.05, 3.63) is 59.2 Å². The summed E-state index contributed by atoms with van der Waals surface area (Å²) in [4.78, 5) is 4.71.